The molecule has 1 aromatic carbocycles. The van der Waals surface area contributed by atoms with Crippen LogP contribution in [0, 0.1) is 6.92 Å². The van der Waals surface area contributed by atoms with E-state index in [0.29, 0.717) is 11.4 Å². The molecule has 0 saturated carbocycles. The van der Waals surface area contributed by atoms with Crippen LogP contribution in [-0.2, 0) is 0 Å². The van der Waals surface area contributed by atoms with E-state index in [1.807, 2.05) is 25.1 Å². The maximum absolute atomic E-state index is 5.75. The standard InChI is InChI=1S/C11H16N2S/c1-8-6-9(4-2-3-5-14)7-10(12)11(8)13/h2,4,6-7,14H,3,5,12-13H2,1H3. The molecule has 0 fully saturated rings. The molecular formula is C11H16N2S. The first kappa shape index (κ1) is 11.0. The lowest BCUT2D eigenvalue weighted by atomic mass is 10.1. The monoisotopic (exact) mass is 208 g/mol. The molecule has 0 unspecified atom stereocenters. The lowest BCUT2D eigenvalue weighted by Crippen LogP contribution is -1.97. The third-order valence-electron chi connectivity index (χ3n) is 2.05. The number of benzene rings is 1. The molecule has 0 aliphatic carbocycles. The van der Waals surface area contributed by atoms with Gasteiger partial charge < -0.3 is 11.5 Å². The van der Waals surface area contributed by atoms with Crippen molar-refractivity contribution in [2.24, 2.45) is 0 Å². The molecule has 14 heavy (non-hydrogen) atoms. The van der Waals surface area contributed by atoms with Crippen molar-refractivity contribution in [2.75, 3.05) is 17.2 Å². The Morgan fingerprint density at radius 3 is 2.64 bits per heavy atom. The topological polar surface area (TPSA) is 52.0 Å². The fraction of sp³-hybridized carbons (Fsp3) is 0.273. The molecule has 0 aromatic heterocycles. The fourth-order valence-electron chi connectivity index (χ4n) is 1.24. The number of anilines is 2. The molecule has 0 radical (unpaired) electrons. The Kier molecular flexibility index (Phi) is 3.89. The Morgan fingerprint density at radius 2 is 2.07 bits per heavy atom. The van der Waals surface area contributed by atoms with Gasteiger partial charge in [-0.25, -0.2) is 0 Å². The lowest BCUT2D eigenvalue weighted by Gasteiger charge is -2.05. The van der Waals surface area contributed by atoms with Crippen LogP contribution >= 0.6 is 12.6 Å². The van der Waals surface area contributed by atoms with Crippen LogP contribution in [0.2, 0.25) is 0 Å². The Hall–Kier alpha value is -1.09. The average Bonchev–Trinajstić information content (AvgIpc) is 2.14. The van der Waals surface area contributed by atoms with Gasteiger partial charge in [-0.15, -0.1) is 0 Å². The number of aryl methyl sites for hydroxylation is 1. The molecule has 0 heterocycles. The predicted octanol–water partition coefficient (Wildman–Crippen LogP) is 2.49. The highest BCUT2D eigenvalue weighted by atomic mass is 32.1. The summed E-state index contributed by atoms with van der Waals surface area (Å²) in [6.45, 7) is 1.96. The Morgan fingerprint density at radius 1 is 1.36 bits per heavy atom. The van der Waals surface area contributed by atoms with Crippen molar-refractivity contribution in [3.63, 3.8) is 0 Å². The van der Waals surface area contributed by atoms with E-state index >= 15 is 0 Å². The minimum atomic E-state index is 0.649. The summed E-state index contributed by atoms with van der Waals surface area (Å²) >= 11 is 4.13. The Balaban J connectivity index is 2.89. The number of nitrogens with two attached hydrogens (primary N) is 2. The first-order chi connectivity index (χ1) is 6.65. The first-order valence-electron chi connectivity index (χ1n) is 4.58. The van der Waals surface area contributed by atoms with E-state index in [2.05, 4.69) is 18.7 Å². The van der Waals surface area contributed by atoms with E-state index in [9.17, 15) is 0 Å². The summed E-state index contributed by atoms with van der Waals surface area (Å²) in [6.07, 6.45) is 5.09. The second-order valence-electron chi connectivity index (χ2n) is 3.26. The molecule has 0 amide bonds. The molecular weight excluding hydrogens is 192 g/mol. The number of thiol groups is 1. The fourth-order valence-corrected chi connectivity index (χ4v) is 1.39. The van der Waals surface area contributed by atoms with Gasteiger partial charge >= 0.3 is 0 Å². The van der Waals surface area contributed by atoms with Gasteiger partial charge in [-0.3, -0.25) is 0 Å². The summed E-state index contributed by atoms with van der Waals surface area (Å²) in [4.78, 5) is 0. The normalized spacial score (nSPS) is 11.0. The minimum absolute atomic E-state index is 0.649. The zero-order valence-corrected chi connectivity index (χ0v) is 9.22. The Labute approximate surface area is 90.4 Å². The van der Waals surface area contributed by atoms with Crippen molar-refractivity contribution in [3.8, 4) is 0 Å². The van der Waals surface area contributed by atoms with Gasteiger partial charge in [-0.1, -0.05) is 12.2 Å². The number of rotatable bonds is 3. The molecule has 0 saturated heterocycles. The molecule has 0 spiro atoms. The van der Waals surface area contributed by atoms with Gasteiger partial charge in [0.15, 0.2) is 0 Å². The van der Waals surface area contributed by atoms with E-state index in [-0.39, 0.29) is 0 Å². The molecule has 3 heteroatoms. The van der Waals surface area contributed by atoms with Crippen LogP contribution in [0.1, 0.15) is 17.5 Å². The van der Waals surface area contributed by atoms with Crippen LogP contribution in [0.25, 0.3) is 6.08 Å². The maximum atomic E-state index is 5.75. The summed E-state index contributed by atoms with van der Waals surface area (Å²) in [5, 5.41) is 0. The van der Waals surface area contributed by atoms with Gasteiger partial charge in [0.25, 0.3) is 0 Å². The van der Waals surface area contributed by atoms with E-state index in [0.717, 1.165) is 23.3 Å². The molecule has 2 nitrogen and oxygen atoms in total. The SMILES string of the molecule is Cc1cc(C=CCCS)cc(N)c1N. The highest BCUT2D eigenvalue weighted by molar-refractivity contribution is 7.80. The molecule has 0 bridgehead atoms. The lowest BCUT2D eigenvalue weighted by molar-refractivity contribution is 1.26. The van der Waals surface area contributed by atoms with Crippen molar-refractivity contribution in [2.45, 2.75) is 13.3 Å². The maximum Gasteiger partial charge on any atom is 0.0577 e. The molecule has 0 aliphatic rings. The van der Waals surface area contributed by atoms with Gasteiger partial charge in [-0.05, 0) is 42.4 Å². The Bertz CT molecular complexity index is 322. The quantitative estimate of drug-likeness (QED) is 0.528. The predicted molar refractivity (Wildman–Crippen MR) is 67.5 cm³/mol. The van der Waals surface area contributed by atoms with Crippen LogP contribution in [-0.4, -0.2) is 5.75 Å². The van der Waals surface area contributed by atoms with Gasteiger partial charge in [0.1, 0.15) is 0 Å². The third kappa shape index (κ3) is 2.70. The third-order valence-corrected chi connectivity index (χ3v) is 2.31. The molecule has 0 atom stereocenters. The minimum Gasteiger partial charge on any atom is -0.397 e. The highest BCUT2D eigenvalue weighted by Gasteiger charge is 1.99. The molecule has 4 N–H and O–H groups in total. The van der Waals surface area contributed by atoms with E-state index in [1.54, 1.807) is 0 Å². The highest BCUT2D eigenvalue weighted by Crippen LogP contribution is 2.22. The number of nitrogen functional groups attached to an aromatic ring is 2. The summed E-state index contributed by atoms with van der Waals surface area (Å²) in [5.41, 5.74) is 14.9. The van der Waals surface area contributed by atoms with Gasteiger partial charge in [-0.2, -0.15) is 12.6 Å². The number of hydrogen-bond acceptors (Lipinski definition) is 3. The van der Waals surface area contributed by atoms with Crippen LogP contribution < -0.4 is 11.5 Å². The average molecular weight is 208 g/mol. The molecule has 76 valence electrons. The number of allylic oxidation sites excluding steroid dienone is 1. The van der Waals surface area contributed by atoms with Crippen LogP contribution in [0.5, 0.6) is 0 Å². The smallest absolute Gasteiger partial charge is 0.0577 e. The van der Waals surface area contributed by atoms with Crippen LogP contribution in [0.4, 0.5) is 11.4 Å². The molecule has 0 aliphatic heterocycles. The second-order valence-corrected chi connectivity index (χ2v) is 3.70. The molecule has 1 rings (SSSR count). The van der Waals surface area contributed by atoms with Crippen molar-refractivity contribution in [1.29, 1.82) is 0 Å². The first-order valence-corrected chi connectivity index (χ1v) is 5.21. The van der Waals surface area contributed by atoms with E-state index in [4.69, 9.17) is 11.5 Å². The van der Waals surface area contributed by atoms with Crippen molar-refractivity contribution < 1.29 is 0 Å². The molecule has 1 aromatic rings. The summed E-state index contributed by atoms with van der Waals surface area (Å²) in [5.74, 6) is 0.861. The summed E-state index contributed by atoms with van der Waals surface area (Å²) in [7, 11) is 0. The van der Waals surface area contributed by atoms with Gasteiger partial charge in [0.2, 0.25) is 0 Å². The number of hydrogen-bond donors (Lipinski definition) is 3. The van der Waals surface area contributed by atoms with E-state index < -0.39 is 0 Å². The van der Waals surface area contributed by atoms with Crippen molar-refractivity contribution in [1.82, 2.24) is 0 Å². The zero-order chi connectivity index (χ0) is 10.6. The van der Waals surface area contributed by atoms with Gasteiger partial charge in [0.05, 0.1) is 11.4 Å². The van der Waals surface area contributed by atoms with Crippen LogP contribution in [0.15, 0.2) is 18.2 Å². The van der Waals surface area contributed by atoms with Crippen LogP contribution in [0.3, 0.4) is 0 Å². The zero-order valence-electron chi connectivity index (χ0n) is 8.33. The summed E-state index contributed by atoms with van der Waals surface area (Å²) < 4.78 is 0. The van der Waals surface area contributed by atoms with E-state index in [1.165, 1.54) is 0 Å². The van der Waals surface area contributed by atoms with Crippen molar-refractivity contribution >= 4 is 30.1 Å². The summed E-state index contributed by atoms with van der Waals surface area (Å²) in [6, 6.07) is 3.91. The largest absolute Gasteiger partial charge is 0.397 e. The second kappa shape index (κ2) is 4.96. The van der Waals surface area contributed by atoms with Crippen molar-refractivity contribution in [3.05, 3.63) is 29.3 Å². The van der Waals surface area contributed by atoms with Gasteiger partial charge in [0, 0.05) is 0 Å².